The molecule has 140 valence electrons. The zero-order chi connectivity index (χ0) is 19.2. The Morgan fingerprint density at radius 3 is 2.67 bits per heavy atom. The number of thiophene rings is 1. The van der Waals surface area contributed by atoms with Crippen LogP contribution < -0.4 is 5.32 Å². The minimum absolute atomic E-state index is 0.0433. The van der Waals surface area contributed by atoms with Crippen LogP contribution in [0.4, 0.5) is 10.5 Å². The lowest BCUT2D eigenvalue weighted by atomic mass is 10.1. The van der Waals surface area contributed by atoms with Crippen LogP contribution in [0.3, 0.4) is 0 Å². The zero-order valence-corrected chi connectivity index (χ0v) is 15.7. The van der Waals surface area contributed by atoms with Crippen molar-refractivity contribution < 1.29 is 19.4 Å². The van der Waals surface area contributed by atoms with Crippen molar-refractivity contribution in [2.24, 2.45) is 0 Å². The molecule has 0 atom stereocenters. The van der Waals surface area contributed by atoms with Crippen LogP contribution in [0.15, 0.2) is 42.5 Å². The van der Waals surface area contributed by atoms with E-state index in [0.717, 1.165) is 41.9 Å². The molecule has 3 aromatic rings. The van der Waals surface area contributed by atoms with Crippen molar-refractivity contribution in [2.45, 2.75) is 32.8 Å². The van der Waals surface area contributed by atoms with E-state index in [1.165, 1.54) is 0 Å². The van der Waals surface area contributed by atoms with Gasteiger partial charge in [-0.2, -0.15) is 0 Å². The molecule has 1 aromatic carbocycles. The van der Waals surface area contributed by atoms with Crippen LogP contribution in [-0.2, 0) is 17.8 Å². The topological polar surface area (TPSA) is 88.5 Å². The van der Waals surface area contributed by atoms with Crippen molar-refractivity contribution in [3.05, 3.63) is 58.6 Å². The normalized spacial score (nSPS) is 10.7. The van der Waals surface area contributed by atoms with Crippen molar-refractivity contribution in [2.75, 3.05) is 5.32 Å². The summed E-state index contributed by atoms with van der Waals surface area (Å²) in [6.45, 7) is 2.21. The van der Waals surface area contributed by atoms with E-state index in [9.17, 15) is 14.7 Å². The number of pyridine rings is 1. The van der Waals surface area contributed by atoms with Crippen molar-refractivity contribution in [1.29, 1.82) is 0 Å². The van der Waals surface area contributed by atoms with E-state index in [2.05, 4.69) is 17.2 Å². The number of benzene rings is 1. The minimum atomic E-state index is -1.11. The Morgan fingerprint density at radius 2 is 1.96 bits per heavy atom. The molecule has 0 unspecified atom stereocenters. The summed E-state index contributed by atoms with van der Waals surface area (Å²) in [4.78, 5) is 28.9. The Kier molecular flexibility index (Phi) is 6.03. The van der Waals surface area contributed by atoms with Gasteiger partial charge in [-0.25, -0.2) is 14.6 Å². The third-order valence-electron chi connectivity index (χ3n) is 4.03. The summed E-state index contributed by atoms with van der Waals surface area (Å²) in [5.74, 6) is -1.11. The molecule has 0 aliphatic carbocycles. The summed E-state index contributed by atoms with van der Waals surface area (Å²) in [6.07, 6.45) is 2.22. The minimum Gasteiger partial charge on any atom is -0.477 e. The number of hydrogen-bond acceptors (Lipinski definition) is 5. The van der Waals surface area contributed by atoms with Crippen LogP contribution in [-0.4, -0.2) is 22.2 Å². The van der Waals surface area contributed by atoms with Gasteiger partial charge in [0.25, 0.3) is 0 Å². The highest BCUT2D eigenvalue weighted by Crippen LogP contribution is 2.35. The first kappa shape index (κ1) is 18.8. The Morgan fingerprint density at radius 1 is 1.19 bits per heavy atom. The predicted octanol–water partition coefficient (Wildman–Crippen LogP) is 5.09. The number of carbonyl (C=O) groups excluding carboxylic acids is 1. The van der Waals surface area contributed by atoms with E-state index < -0.39 is 12.1 Å². The van der Waals surface area contributed by atoms with E-state index in [4.69, 9.17) is 4.74 Å². The lowest BCUT2D eigenvalue weighted by molar-refractivity contribution is 0.0703. The number of nitrogens with one attached hydrogen (secondary N) is 1. The molecule has 0 aliphatic heterocycles. The van der Waals surface area contributed by atoms with Gasteiger partial charge in [-0.3, -0.25) is 5.32 Å². The molecule has 2 aromatic heterocycles. The van der Waals surface area contributed by atoms with Crippen LogP contribution in [0.2, 0.25) is 0 Å². The van der Waals surface area contributed by atoms with Crippen molar-refractivity contribution in [3.63, 3.8) is 0 Å². The van der Waals surface area contributed by atoms with Crippen LogP contribution >= 0.6 is 11.3 Å². The molecule has 1 amide bonds. The van der Waals surface area contributed by atoms with Gasteiger partial charge in [0.2, 0.25) is 0 Å². The molecule has 0 spiro atoms. The van der Waals surface area contributed by atoms with Gasteiger partial charge in [-0.1, -0.05) is 43.7 Å². The zero-order valence-electron chi connectivity index (χ0n) is 14.9. The van der Waals surface area contributed by atoms with E-state index in [0.29, 0.717) is 10.2 Å². The third-order valence-corrected chi connectivity index (χ3v) is 5.12. The molecule has 7 heteroatoms. The molecular weight excluding hydrogens is 364 g/mol. The smallest absolute Gasteiger partial charge is 0.412 e. The second kappa shape index (κ2) is 8.64. The van der Waals surface area contributed by atoms with Gasteiger partial charge in [-0.15, -0.1) is 11.3 Å². The second-order valence-corrected chi connectivity index (χ2v) is 7.06. The fourth-order valence-electron chi connectivity index (χ4n) is 2.65. The molecule has 0 saturated heterocycles. The molecule has 0 saturated carbocycles. The number of rotatable bonds is 7. The number of aromatic carboxylic acids is 1. The number of carboxylic acids is 1. The van der Waals surface area contributed by atoms with Crippen LogP contribution in [0, 0.1) is 0 Å². The molecule has 0 fully saturated rings. The second-order valence-electron chi connectivity index (χ2n) is 6.06. The maximum atomic E-state index is 12.2. The summed E-state index contributed by atoms with van der Waals surface area (Å²) in [7, 11) is 0. The molecule has 2 N–H and O–H groups in total. The summed E-state index contributed by atoms with van der Waals surface area (Å²) in [5, 5.41) is 12.7. The number of carbonyl (C=O) groups is 2. The van der Waals surface area contributed by atoms with E-state index >= 15 is 0 Å². The van der Waals surface area contributed by atoms with Gasteiger partial charge in [0, 0.05) is 11.1 Å². The quantitative estimate of drug-likeness (QED) is 0.592. The van der Waals surface area contributed by atoms with Gasteiger partial charge in [0.15, 0.2) is 0 Å². The van der Waals surface area contributed by atoms with Crippen LogP contribution in [0.5, 0.6) is 0 Å². The number of amides is 1. The lowest BCUT2D eigenvalue weighted by Crippen LogP contribution is -2.15. The average Bonchev–Trinajstić information content (AvgIpc) is 3.03. The Hall–Kier alpha value is -2.93. The fraction of sp³-hybridized carbons (Fsp3) is 0.250. The number of aromatic nitrogens is 1. The SMILES string of the molecule is CCCCc1ccc2c(NC(=O)OCc3ccccc3)c(C(=O)O)sc2n1. The number of aryl methyl sites for hydroxylation is 1. The molecule has 0 bridgehead atoms. The molecule has 3 rings (SSSR count). The standard InChI is InChI=1S/C20H20N2O4S/c1-2-3-9-14-10-11-15-16(17(19(23)24)27-18(15)21-14)22-20(25)26-12-13-7-5-4-6-8-13/h4-8,10-11H,2-3,9,12H2,1H3,(H,22,25)(H,23,24). The predicted molar refractivity (Wildman–Crippen MR) is 105 cm³/mol. The molecule has 2 heterocycles. The molecule has 27 heavy (non-hydrogen) atoms. The molecule has 0 aliphatic rings. The lowest BCUT2D eigenvalue weighted by Gasteiger charge is -2.07. The van der Waals surface area contributed by atoms with Crippen LogP contribution in [0.25, 0.3) is 10.2 Å². The number of fused-ring (bicyclic) bond motifs is 1. The van der Waals surface area contributed by atoms with Crippen molar-refractivity contribution in [3.8, 4) is 0 Å². The van der Waals surface area contributed by atoms with E-state index in [1.54, 1.807) is 0 Å². The number of ether oxygens (including phenoxy) is 1. The first-order valence-corrected chi connectivity index (χ1v) is 9.53. The molecular formula is C20H20N2O4S. The highest BCUT2D eigenvalue weighted by atomic mass is 32.1. The fourth-order valence-corrected chi connectivity index (χ4v) is 3.64. The molecule has 6 nitrogen and oxygen atoms in total. The number of nitrogens with zero attached hydrogens (tertiary/aromatic N) is 1. The van der Waals surface area contributed by atoms with Crippen molar-refractivity contribution >= 4 is 39.3 Å². The first-order chi connectivity index (χ1) is 13.1. The van der Waals surface area contributed by atoms with Gasteiger partial charge in [0.05, 0.1) is 5.69 Å². The summed E-state index contributed by atoms with van der Waals surface area (Å²) in [5.41, 5.74) is 2.00. The number of unbranched alkanes of at least 4 members (excludes halogenated alkanes) is 1. The summed E-state index contributed by atoms with van der Waals surface area (Å²) >= 11 is 1.06. The highest BCUT2D eigenvalue weighted by Gasteiger charge is 2.21. The van der Waals surface area contributed by atoms with Gasteiger partial charge < -0.3 is 9.84 Å². The maximum absolute atomic E-state index is 12.2. The average molecular weight is 384 g/mol. The van der Waals surface area contributed by atoms with Gasteiger partial charge in [0.1, 0.15) is 16.3 Å². The Labute approximate surface area is 160 Å². The number of anilines is 1. The largest absolute Gasteiger partial charge is 0.477 e. The summed E-state index contributed by atoms with van der Waals surface area (Å²) < 4.78 is 5.20. The van der Waals surface area contributed by atoms with E-state index in [-0.39, 0.29) is 17.2 Å². The van der Waals surface area contributed by atoms with E-state index in [1.807, 2.05) is 42.5 Å². The first-order valence-electron chi connectivity index (χ1n) is 8.72. The summed E-state index contributed by atoms with van der Waals surface area (Å²) in [6, 6.07) is 13.0. The monoisotopic (exact) mass is 384 g/mol. The Bertz CT molecular complexity index is 953. The van der Waals surface area contributed by atoms with Gasteiger partial charge >= 0.3 is 12.1 Å². The van der Waals surface area contributed by atoms with Crippen molar-refractivity contribution in [1.82, 2.24) is 4.98 Å². The number of carboxylic acid groups (broad SMARTS) is 1. The molecule has 0 radical (unpaired) electrons. The number of hydrogen-bond donors (Lipinski definition) is 2. The Balaban J connectivity index is 1.80. The maximum Gasteiger partial charge on any atom is 0.412 e. The third kappa shape index (κ3) is 4.62. The highest BCUT2D eigenvalue weighted by molar-refractivity contribution is 7.21. The van der Waals surface area contributed by atoms with Crippen LogP contribution in [0.1, 0.15) is 40.7 Å². The van der Waals surface area contributed by atoms with Gasteiger partial charge in [-0.05, 0) is 30.5 Å².